The Bertz CT molecular complexity index is 1420. The van der Waals surface area contributed by atoms with Crippen molar-refractivity contribution in [3.8, 4) is 0 Å². The lowest BCUT2D eigenvalue weighted by molar-refractivity contribution is -0.162. The Balaban J connectivity index is 1.66. The smallest absolute Gasteiger partial charge is 0.312 e. The Morgan fingerprint density at radius 2 is 1.82 bits per heavy atom. The maximum Gasteiger partial charge on any atom is 0.312 e. The number of nitrogens with zero attached hydrogens (tertiary/aromatic N) is 2. The van der Waals surface area contributed by atoms with Gasteiger partial charge in [-0.25, -0.2) is 0 Å². The molecule has 2 aromatic carbocycles. The van der Waals surface area contributed by atoms with E-state index in [-0.39, 0.29) is 37.5 Å². The molecule has 7 atom stereocenters. The maximum absolute atomic E-state index is 15.1. The number of anilines is 1. The van der Waals surface area contributed by atoms with Crippen LogP contribution < -0.4 is 4.90 Å². The van der Waals surface area contributed by atoms with Crippen LogP contribution in [-0.4, -0.2) is 70.8 Å². The molecule has 2 amide bonds. The molecule has 3 saturated heterocycles. The molecule has 3 aliphatic rings. The van der Waals surface area contributed by atoms with E-state index in [1.54, 1.807) is 17.1 Å². The van der Waals surface area contributed by atoms with Crippen molar-refractivity contribution < 1.29 is 29.0 Å². The summed E-state index contributed by atoms with van der Waals surface area (Å²) >= 11 is 0. The van der Waals surface area contributed by atoms with Gasteiger partial charge in [0, 0.05) is 12.2 Å². The Hall–Kier alpha value is -3.75. The van der Waals surface area contributed by atoms with Crippen molar-refractivity contribution in [2.45, 2.75) is 70.2 Å². The number of rotatable bonds is 12. The summed E-state index contributed by atoms with van der Waals surface area (Å²) < 4.78 is 12.6. The molecule has 234 valence electrons. The van der Waals surface area contributed by atoms with Crippen molar-refractivity contribution in [2.24, 2.45) is 17.8 Å². The number of hydrogen-bond donors (Lipinski definition) is 1. The second kappa shape index (κ2) is 12.3. The highest BCUT2D eigenvalue weighted by molar-refractivity contribution is 6.05. The Kier molecular flexibility index (Phi) is 8.87. The largest absolute Gasteiger partial charge is 0.465 e. The van der Waals surface area contributed by atoms with Gasteiger partial charge in [-0.3, -0.25) is 14.4 Å². The summed E-state index contributed by atoms with van der Waals surface area (Å²) in [7, 11) is 0. The molecule has 3 fully saturated rings. The zero-order valence-electron chi connectivity index (χ0n) is 26.2. The van der Waals surface area contributed by atoms with Crippen molar-refractivity contribution >= 4 is 23.5 Å². The molecular formula is C36H44N2O6. The predicted octanol–water partition coefficient (Wildman–Crippen LogP) is 4.56. The first kappa shape index (κ1) is 31.7. The number of para-hydroxylation sites is 1. The normalized spacial score (nSPS) is 29.3. The molecule has 1 spiro atoms. The van der Waals surface area contributed by atoms with E-state index in [4.69, 9.17) is 9.47 Å². The van der Waals surface area contributed by atoms with E-state index < -0.39 is 41.1 Å². The van der Waals surface area contributed by atoms with Gasteiger partial charge in [0.15, 0.2) is 0 Å². The van der Waals surface area contributed by atoms with Gasteiger partial charge in [-0.05, 0) is 62.6 Å². The second-order valence-electron chi connectivity index (χ2n) is 12.7. The van der Waals surface area contributed by atoms with Crippen LogP contribution in [0.2, 0.25) is 0 Å². The van der Waals surface area contributed by atoms with Crippen LogP contribution in [0.3, 0.4) is 0 Å². The van der Waals surface area contributed by atoms with Crippen LogP contribution in [0.4, 0.5) is 5.69 Å². The van der Waals surface area contributed by atoms with Gasteiger partial charge in [0.05, 0.1) is 30.8 Å². The van der Waals surface area contributed by atoms with Gasteiger partial charge in [-0.15, -0.1) is 13.2 Å². The number of fused-ring (bicyclic) bond motifs is 1. The third-order valence-corrected chi connectivity index (χ3v) is 10.0. The molecule has 8 nitrogen and oxygen atoms in total. The van der Waals surface area contributed by atoms with Gasteiger partial charge in [0.2, 0.25) is 5.91 Å². The van der Waals surface area contributed by atoms with Gasteiger partial charge in [-0.2, -0.15) is 0 Å². The average molecular weight is 601 g/mol. The van der Waals surface area contributed by atoms with Crippen molar-refractivity contribution in [3.63, 3.8) is 0 Å². The number of aryl methyl sites for hydroxylation is 2. The maximum atomic E-state index is 15.1. The van der Waals surface area contributed by atoms with Crippen molar-refractivity contribution in [3.05, 3.63) is 90.5 Å². The zero-order chi connectivity index (χ0) is 31.8. The molecule has 5 rings (SSSR count). The fourth-order valence-corrected chi connectivity index (χ4v) is 7.98. The van der Waals surface area contributed by atoms with Crippen LogP contribution in [0.25, 0.3) is 0 Å². The lowest BCUT2D eigenvalue weighted by atomic mass is 9.62. The first-order valence-corrected chi connectivity index (χ1v) is 15.5. The molecule has 3 aliphatic heterocycles. The molecule has 3 heterocycles. The van der Waals surface area contributed by atoms with Crippen molar-refractivity contribution in [2.75, 3.05) is 24.7 Å². The molecule has 0 radical (unpaired) electrons. The van der Waals surface area contributed by atoms with Gasteiger partial charge in [0.25, 0.3) is 5.91 Å². The standard InChI is InChI=1S/C36H44N2O6/c1-7-9-19-43-34(42)29-28-32(40)38(27(22-39)20-26-16-11-10-12-17-26)31(36(28)21-25(5)35(29,6)44-36)33(41)37(18-8-2)30-23(3)14-13-15-24(30)4/h7-8,10-17,25,27-29,31,39H,1-2,9,18-22H2,3-6H3/t25?,27-,28+,29+,31?,35-,36?/m1/s1. The Morgan fingerprint density at radius 1 is 1.14 bits per heavy atom. The number of esters is 1. The molecule has 2 bridgehead atoms. The average Bonchev–Trinajstić information content (AvgIpc) is 3.52. The number of aliphatic hydroxyl groups is 1. The molecular weight excluding hydrogens is 556 g/mol. The van der Waals surface area contributed by atoms with Gasteiger partial charge in [-0.1, -0.05) is 67.6 Å². The SMILES string of the molecule is C=CCCOC(=O)[C@@H]1[C@H]2C(=O)N([C@@H](CO)Cc3ccccc3)C(C(=O)N(CC=C)c3c(C)cccc3C)C23CC(C)[C@@]1(C)O3. The molecule has 0 aliphatic carbocycles. The zero-order valence-corrected chi connectivity index (χ0v) is 26.2. The molecule has 44 heavy (non-hydrogen) atoms. The molecule has 0 saturated carbocycles. The van der Waals surface area contributed by atoms with Gasteiger partial charge >= 0.3 is 5.97 Å². The van der Waals surface area contributed by atoms with Crippen LogP contribution in [0.1, 0.15) is 43.4 Å². The monoisotopic (exact) mass is 600 g/mol. The van der Waals surface area contributed by atoms with E-state index >= 15 is 4.79 Å². The van der Waals surface area contributed by atoms with E-state index in [2.05, 4.69) is 13.2 Å². The van der Waals surface area contributed by atoms with E-state index in [1.165, 1.54) is 4.90 Å². The summed E-state index contributed by atoms with van der Waals surface area (Å²) in [5.41, 5.74) is 1.23. The van der Waals surface area contributed by atoms with Crippen molar-refractivity contribution in [1.82, 2.24) is 4.90 Å². The lowest BCUT2D eigenvalue weighted by Gasteiger charge is -2.40. The molecule has 2 aromatic rings. The molecule has 3 unspecified atom stereocenters. The first-order chi connectivity index (χ1) is 21.0. The number of hydrogen-bond acceptors (Lipinski definition) is 6. The number of amides is 2. The minimum Gasteiger partial charge on any atom is -0.465 e. The quantitative estimate of drug-likeness (QED) is 0.218. The van der Waals surface area contributed by atoms with Crippen LogP contribution in [-0.2, 0) is 30.3 Å². The lowest BCUT2D eigenvalue weighted by Crippen LogP contribution is -2.59. The topological polar surface area (TPSA) is 96.4 Å². The molecule has 8 heteroatoms. The van der Waals surface area contributed by atoms with Gasteiger partial charge in [0.1, 0.15) is 17.6 Å². The van der Waals surface area contributed by atoms with Crippen LogP contribution in [0.15, 0.2) is 73.8 Å². The summed E-state index contributed by atoms with van der Waals surface area (Å²) in [4.78, 5) is 46.8. The summed E-state index contributed by atoms with van der Waals surface area (Å²) in [6.07, 6.45) is 4.58. The summed E-state index contributed by atoms with van der Waals surface area (Å²) in [6, 6.07) is 13.6. The number of benzene rings is 2. The van der Waals surface area contributed by atoms with E-state index in [0.717, 1.165) is 22.4 Å². The predicted molar refractivity (Wildman–Crippen MR) is 169 cm³/mol. The minimum absolute atomic E-state index is 0.131. The Morgan fingerprint density at radius 3 is 2.43 bits per heavy atom. The van der Waals surface area contributed by atoms with Crippen LogP contribution in [0.5, 0.6) is 0 Å². The fourth-order valence-electron chi connectivity index (χ4n) is 7.98. The highest BCUT2D eigenvalue weighted by Crippen LogP contribution is 2.65. The third kappa shape index (κ3) is 4.98. The van der Waals surface area contributed by atoms with Crippen LogP contribution >= 0.6 is 0 Å². The highest BCUT2D eigenvalue weighted by atomic mass is 16.6. The van der Waals surface area contributed by atoms with Gasteiger partial charge < -0.3 is 24.4 Å². The number of likely N-dealkylation sites (tertiary alicyclic amines) is 1. The van der Waals surface area contributed by atoms with E-state index in [9.17, 15) is 14.7 Å². The van der Waals surface area contributed by atoms with Crippen molar-refractivity contribution in [1.29, 1.82) is 0 Å². The van der Waals surface area contributed by atoms with E-state index in [0.29, 0.717) is 19.3 Å². The second-order valence-corrected chi connectivity index (χ2v) is 12.7. The third-order valence-electron chi connectivity index (χ3n) is 10.0. The fraction of sp³-hybridized carbons (Fsp3) is 0.472. The number of carbonyl (C=O) groups excluding carboxylic acids is 3. The summed E-state index contributed by atoms with van der Waals surface area (Å²) in [5, 5.41) is 10.8. The highest BCUT2D eigenvalue weighted by Gasteiger charge is 2.80. The number of aliphatic hydroxyl groups excluding tert-OH is 1. The number of ether oxygens (including phenoxy) is 2. The minimum atomic E-state index is -1.27. The number of carbonyl (C=O) groups is 3. The molecule has 0 aromatic heterocycles. The molecule has 1 N–H and O–H groups in total. The Labute approximate surface area is 260 Å². The van der Waals surface area contributed by atoms with E-state index in [1.807, 2.05) is 76.2 Å². The first-order valence-electron chi connectivity index (χ1n) is 15.5. The summed E-state index contributed by atoms with van der Waals surface area (Å²) in [5.74, 6) is -3.14. The summed E-state index contributed by atoms with van der Waals surface area (Å²) in [6.45, 7) is 15.4. The van der Waals surface area contributed by atoms with Crippen LogP contribution in [0, 0.1) is 31.6 Å².